The number of nitrogens with two attached hydrogens (primary N) is 1. The Kier molecular flexibility index (Phi) is 3.64. The minimum atomic E-state index is -0.677. The maximum absolute atomic E-state index is 10.6. The van der Waals surface area contributed by atoms with Gasteiger partial charge in [0.1, 0.15) is 6.04 Å². The molecule has 0 aliphatic carbocycles. The maximum atomic E-state index is 10.6. The fraction of sp³-hybridized carbons (Fsp3) is 0.667. The molecule has 0 bridgehead atoms. The lowest BCUT2D eigenvalue weighted by Gasteiger charge is -2.04. The first-order valence-corrected chi connectivity index (χ1v) is 3.05. The normalized spacial score (nSPS) is 12.3. The molecule has 0 aliphatic rings. The van der Waals surface area contributed by atoms with Crippen molar-refractivity contribution >= 4 is 11.9 Å². The van der Waals surface area contributed by atoms with E-state index in [1.54, 1.807) is 6.92 Å². The van der Waals surface area contributed by atoms with Gasteiger partial charge < -0.3 is 10.5 Å². The van der Waals surface area contributed by atoms with Crippen molar-refractivity contribution in [1.29, 1.82) is 0 Å². The lowest BCUT2D eigenvalue weighted by molar-refractivity contribution is -0.159. The van der Waals surface area contributed by atoms with Gasteiger partial charge in [0.25, 0.3) is 0 Å². The zero-order chi connectivity index (χ0) is 8.15. The Hall–Kier alpha value is -0.900. The fourth-order valence-corrected chi connectivity index (χ4v) is 0.384. The summed E-state index contributed by atoms with van der Waals surface area (Å²) < 4.78 is 4.20. The monoisotopic (exact) mass is 145 g/mol. The van der Waals surface area contributed by atoms with Gasteiger partial charge in [0, 0.05) is 6.92 Å². The van der Waals surface area contributed by atoms with E-state index in [2.05, 4.69) is 4.74 Å². The predicted molar refractivity (Wildman–Crippen MR) is 35.0 cm³/mol. The highest BCUT2D eigenvalue weighted by atomic mass is 16.6. The quantitative estimate of drug-likeness (QED) is 0.432. The van der Waals surface area contributed by atoms with Gasteiger partial charge in [0.15, 0.2) is 0 Å². The first-order chi connectivity index (χ1) is 4.57. The molecule has 1 atom stereocenters. The Labute approximate surface area is 59.3 Å². The summed E-state index contributed by atoms with van der Waals surface area (Å²) in [5, 5.41) is 0. The van der Waals surface area contributed by atoms with Gasteiger partial charge in [-0.3, -0.25) is 4.79 Å². The SMILES string of the molecule is CCC(N)C(=O)OC(C)=O. The number of carbonyl (C=O) groups is 2. The number of hydrogen-bond acceptors (Lipinski definition) is 4. The Bertz CT molecular complexity index is 144. The van der Waals surface area contributed by atoms with Crippen LogP contribution in [-0.2, 0) is 14.3 Å². The van der Waals surface area contributed by atoms with Gasteiger partial charge in [-0.15, -0.1) is 0 Å². The average molecular weight is 145 g/mol. The van der Waals surface area contributed by atoms with E-state index in [-0.39, 0.29) is 0 Å². The topological polar surface area (TPSA) is 69.4 Å². The highest BCUT2D eigenvalue weighted by Crippen LogP contribution is 1.90. The van der Waals surface area contributed by atoms with Crippen LogP contribution in [0.25, 0.3) is 0 Å². The van der Waals surface area contributed by atoms with E-state index in [1.165, 1.54) is 6.92 Å². The molecule has 0 spiro atoms. The molecule has 2 N–H and O–H groups in total. The Morgan fingerprint density at radius 3 is 2.40 bits per heavy atom. The van der Waals surface area contributed by atoms with E-state index in [0.717, 1.165) is 0 Å². The van der Waals surface area contributed by atoms with Gasteiger partial charge in [-0.25, -0.2) is 4.79 Å². The third-order valence-corrected chi connectivity index (χ3v) is 0.987. The largest absolute Gasteiger partial charge is 0.392 e. The molecule has 0 aromatic rings. The van der Waals surface area contributed by atoms with Gasteiger partial charge in [0.05, 0.1) is 0 Å². The molecule has 0 rings (SSSR count). The van der Waals surface area contributed by atoms with Gasteiger partial charge in [0.2, 0.25) is 0 Å². The molecule has 10 heavy (non-hydrogen) atoms. The minimum absolute atomic E-state index is 0.478. The fourth-order valence-electron chi connectivity index (χ4n) is 0.384. The third kappa shape index (κ3) is 3.19. The summed E-state index contributed by atoms with van der Waals surface area (Å²) in [6.07, 6.45) is 0.478. The highest BCUT2D eigenvalue weighted by molar-refractivity contribution is 5.87. The standard InChI is InChI=1S/C6H11NO3/c1-3-5(7)6(9)10-4(2)8/h5H,3,7H2,1-2H3. The van der Waals surface area contributed by atoms with Gasteiger partial charge in [-0.2, -0.15) is 0 Å². The second-order valence-corrected chi connectivity index (χ2v) is 1.93. The van der Waals surface area contributed by atoms with Crippen LogP contribution < -0.4 is 5.73 Å². The summed E-state index contributed by atoms with van der Waals surface area (Å²) in [4.78, 5) is 20.8. The zero-order valence-corrected chi connectivity index (χ0v) is 6.09. The maximum Gasteiger partial charge on any atom is 0.330 e. The summed E-state index contributed by atoms with van der Waals surface area (Å²) in [5.41, 5.74) is 5.24. The molecule has 0 fully saturated rings. The molecule has 4 nitrogen and oxygen atoms in total. The first-order valence-electron chi connectivity index (χ1n) is 3.05. The third-order valence-electron chi connectivity index (χ3n) is 0.987. The molecule has 0 saturated heterocycles. The lowest BCUT2D eigenvalue weighted by Crippen LogP contribution is -2.32. The molecule has 0 amide bonds. The number of esters is 2. The number of rotatable bonds is 2. The van der Waals surface area contributed by atoms with Crippen molar-refractivity contribution in [3.8, 4) is 0 Å². The van der Waals surface area contributed by atoms with E-state index in [9.17, 15) is 9.59 Å². The molecule has 0 aromatic heterocycles. The molecule has 1 unspecified atom stereocenters. The Morgan fingerprint density at radius 2 is 2.10 bits per heavy atom. The van der Waals surface area contributed by atoms with Crippen LogP contribution in [0.5, 0.6) is 0 Å². The van der Waals surface area contributed by atoms with Crippen LogP contribution >= 0.6 is 0 Å². The van der Waals surface area contributed by atoms with Crippen molar-refractivity contribution in [2.75, 3.05) is 0 Å². The van der Waals surface area contributed by atoms with Crippen molar-refractivity contribution in [1.82, 2.24) is 0 Å². The molecule has 4 heteroatoms. The predicted octanol–water partition coefficient (Wildman–Crippen LogP) is -0.187. The first kappa shape index (κ1) is 9.10. The van der Waals surface area contributed by atoms with Crippen molar-refractivity contribution < 1.29 is 14.3 Å². The van der Waals surface area contributed by atoms with Crippen LogP contribution in [-0.4, -0.2) is 18.0 Å². The van der Waals surface area contributed by atoms with Crippen LogP contribution in [0.2, 0.25) is 0 Å². The van der Waals surface area contributed by atoms with E-state index in [1.807, 2.05) is 0 Å². The summed E-state index contributed by atoms with van der Waals surface area (Å²) in [5.74, 6) is -1.27. The second kappa shape index (κ2) is 4.00. The van der Waals surface area contributed by atoms with Gasteiger partial charge in [-0.1, -0.05) is 6.92 Å². The molecule has 0 aromatic carbocycles. The smallest absolute Gasteiger partial charge is 0.330 e. The summed E-state index contributed by atoms with van der Waals surface area (Å²) in [6.45, 7) is 2.91. The van der Waals surface area contributed by atoms with Crippen LogP contribution in [0, 0.1) is 0 Å². The van der Waals surface area contributed by atoms with Crippen LogP contribution in [0.3, 0.4) is 0 Å². The van der Waals surface area contributed by atoms with Crippen LogP contribution in [0.4, 0.5) is 0 Å². The van der Waals surface area contributed by atoms with Crippen molar-refractivity contribution in [3.05, 3.63) is 0 Å². The van der Waals surface area contributed by atoms with Crippen molar-refractivity contribution in [2.45, 2.75) is 26.3 Å². The number of ether oxygens (including phenoxy) is 1. The van der Waals surface area contributed by atoms with Crippen molar-refractivity contribution in [2.24, 2.45) is 5.73 Å². The van der Waals surface area contributed by atoms with Crippen LogP contribution in [0.15, 0.2) is 0 Å². The van der Waals surface area contributed by atoms with E-state index in [4.69, 9.17) is 5.73 Å². The van der Waals surface area contributed by atoms with E-state index < -0.39 is 18.0 Å². The van der Waals surface area contributed by atoms with Crippen molar-refractivity contribution in [3.63, 3.8) is 0 Å². The van der Waals surface area contributed by atoms with E-state index in [0.29, 0.717) is 6.42 Å². The van der Waals surface area contributed by atoms with E-state index >= 15 is 0 Å². The van der Waals surface area contributed by atoms with Gasteiger partial charge in [-0.05, 0) is 6.42 Å². The highest BCUT2D eigenvalue weighted by Gasteiger charge is 2.13. The minimum Gasteiger partial charge on any atom is -0.392 e. The van der Waals surface area contributed by atoms with Crippen LogP contribution in [0.1, 0.15) is 20.3 Å². The lowest BCUT2D eigenvalue weighted by atomic mass is 10.2. The second-order valence-electron chi connectivity index (χ2n) is 1.93. The summed E-state index contributed by atoms with van der Waals surface area (Å²) in [7, 11) is 0. The van der Waals surface area contributed by atoms with Gasteiger partial charge >= 0.3 is 11.9 Å². The number of carbonyl (C=O) groups excluding carboxylic acids is 2. The Balaban J connectivity index is 3.73. The summed E-state index contributed by atoms with van der Waals surface area (Å²) >= 11 is 0. The molecule has 58 valence electrons. The molecular formula is C6H11NO3. The number of hydrogen-bond donors (Lipinski definition) is 1. The Morgan fingerprint density at radius 1 is 1.60 bits per heavy atom. The summed E-state index contributed by atoms with van der Waals surface area (Å²) in [6, 6.07) is -0.677. The zero-order valence-electron chi connectivity index (χ0n) is 6.09. The average Bonchev–Trinajstić information content (AvgIpc) is 1.85. The molecular weight excluding hydrogens is 134 g/mol. The molecule has 0 saturated carbocycles. The molecule has 0 radical (unpaired) electrons. The molecule has 0 aliphatic heterocycles. The molecule has 0 heterocycles.